The highest BCUT2D eigenvalue weighted by molar-refractivity contribution is 7.92. The smallest absolute Gasteiger partial charge is 0.262 e. The summed E-state index contributed by atoms with van der Waals surface area (Å²) in [5.74, 6) is 0. The number of aromatic nitrogens is 1. The van der Waals surface area contributed by atoms with Crippen molar-refractivity contribution in [2.24, 2.45) is 0 Å². The summed E-state index contributed by atoms with van der Waals surface area (Å²) >= 11 is 5.70. The van der Waals surface area contributed by atoms with E-state index < -0.39 is 10.0 Å². The Labute approximate surface area is 117 Å². The molecule has 0 bridgehead atoms. The zero-order valence-electron chi connectivity index (χ0n) is 10.5. The molecule has 4 nitrogen and oxygen atoms in total. The number of rotatable bonds is 3. The normalized spacial score (nSPS) is 11.3. The van der Waals surface area contributed by atoms with E-state index in [-0.39, 0.29) is 10.0 Å². The number of aryl methyl sites for hydroxylation is 2. The molecule has 100 valence electrons. The fraction of sp³-hybridized carbons (Fsp3) is 0.154. The van der Waals surface area contributed by atoms with Gasteiger partial charge in [0.15, 0.2) is 0 Å². The Balaban J connectivity index is 2.36. The maximum Gasteiger partial charge on any atom is 0.262 e. The van der Waals surface area contributed by atoms with E-state index in [0.717, 1.165) is 11.1 Å². The second-order valence-electron chi connectivity index (χ2n) is 4.24. The largest absolute Gasteiger partial charge is 0.279 e. The lowest BCUT2D eigenvalue weighted by atomic mass is 10.1. The van der Waals surface area contributed by atoms with Crippen molar-refractivity contribution in [2.45, 2.75) is 18.7 Å². The van der Waals surface area contributed by atoms with Crippen LogP contribution < -0.4 is 4.72 Å². The first-order valence-electron chi connectivity index (χ1n) is 5.60. The van der Waals surface area contributed by atoms with Crippen LogP contribution in [0.15, 0.2) is 41.4 Å². The number of hydrogen-bond acceptors (Lipinski definition) is 3. The lowest BCUT2D eigenvalue weighted by Crippen LogP contribution is -2.13. The molecule has 19 heavy (non-hydrogen) atoms. The molecule has 0 unspecified atom stereocenters. The maximum atomic E-state index is 12.2. The summed E-state index contributed by atoms with van der Waals surface area (Å²) in [6.45, 7) is 3.80. The molecule has 0 saturated heterocycles. The Hall–Kier alpha value is -1.59. The summed E-state index contributed by atoms with van der Waals surface area (Å²) in [6, 6.07) is 8.22. The molecule has 1 heterocycles. The zero-order chi connectivity index (χ0) is 14.0. The highest BCUT2D eigenvalue weighted by Gasteiger charge is 2.15. The summed E-state index contributed by atoms with van der Waals surface area (Å²) in [5.41, 5.74) is 2.50. The molecule has 2 rings (SSSR count). The van der Waals surface area contributed by atoms with Gasteiger partial charge in [0.25, 0.3) is 10.0 Å². The monoisotopic (exact) mass is 296 g/mol. The molecule has 0 spiro atoms. The Bertz CT molecular complexity index is 714. The summed E-state index contributed by atoms with van der Waals surface area (Å²) < 4.78 is 26.9. The fourth-order valence-corrected chi connectivity index (χ4v) is 3.07. The van der Waals surface area contributed by atoms with Gasteiger partial charge < -0.3 is 0 Å². The van der Waals surface area contributed by atoms with Gasteiger partial charge in [0.05, 0.1) is 10.6 Å². The highest BCUT2D eigenvalue weighted by Crippen LogP contribution is 2.21. The number of benzene rings is 1. The van der Waals surface area contributed by atoms with E-state index in [1.54, 1.807) is 6.07 Å². The standard InChI is InChI=1S/C13H13ClN2O2S/c1-9-3-4-12(10(2)7-9)16-19(17,18)11-5-6-15-13(14)8-11/h3-8,16H,1-2H3. The van der Waals surface area contributed by atoms with E-state index in [9.17, 15) is 8.42 Å². The van der Waals surface area contributed by atoms with Crippen LogP contribution >= 0.6 is 11.6 Å². The van der Waals surface area contributed by atoms with Crippen LogP contribution in [0.25, 0.3) is 0 Å². The van der Waals surface area contributed by atoms with E-state index in [1.807, 2.05) is 26.0 Å². The molecular formula is C13H13ClN2O2S. The number of sulfonamides is 1. The van der Waals surface area contributed by atoms with Gasteiger partial charge in [0.1, 0.15) is 5.15 Å². The molecule has 0 radical (unpaired) electrons. The molecule has 1 N–H and O–H groups in total. The number of nitrogens with zero attached hydrogens (tertiary/aromatic N) is 1. The third-order valence-electron chi connectivity index (χ3n) is 2.63. The number of nitrogens with one attached hydrogen (secondary N) is 1. The van der Waals surface area contributed by atoms with Crippen molar-refractivity contribution in [3.05, 3.63) is 52.8 Å². The van der Waals surface area contributed by atoms with E-state index in [4.69, 9.17) is 11.6 Å². The SMILES string of the molecule is Cc1ccc(NS(=O)(=O)c2ccnc(Cl)c2)c(C)c1. The van der Waals surface area contributed by atoms with Crippen LogP contribution in [0.3, 0.4) is 0 Å². The van der Waals surface area contributed by atoms with Crippen molar-refractivity contribution in [2.75, 3.05) is 4.72 Å². The molecule has 1 aromatic carbocycles. The summed E-state index contributed by atoms with van der Waals surface area (Å²) in [5, 5.41) is 0.142. The van der Waals surface area contributed by atoms with Gasteiger partial charge in [-0.2, -0.15) is 0 Å². The minimum absolute atomic E-state index is 0.0903. The van der Waals surface area contributed by atoms with Gasteiger partial charge in [0, 0.05) is 6.20 Å². The van der Waals surface area contributed by atoms with Crippen LogP contribution in [0.1, 0.15) is 11.1 Å². The molecule has 0 aliphatic heterocycles. The van der Waals surface area contributed by atoms with Crippen LogP contribution in [0.5, 0.6) is 0 Å². The Morgan fingerprint density at radius 2 is 1.89 bits per heavy atom. The molecule has 0 aliphatic rings. The van der Waals surface area contributed by atoms with Gasteiger partial charge in [-0.05, 0) is 37.6 Å². The predicted molar refractivity (Wildman–Crippen MR) is 76.0 cm³/mol. The van der Waals surface area contributed by atoms with Crippen LogP contribution in [0, 0.1) is 13.8 Å². The minimum Gasteiger partial charge on any atom is -0.279 e. The number of anilines is 1. The number of pyridine rings is 1. The van der Waals surface area contributed by atoms with Crippen molar-refractivity contribution >= 4 is 27.3 Å². The average Bonchev–Trinajstić information content (AvgIpc) is 2.33. The lowest BCUT2D eigenvalue weighted by Gasteiger charge is -2.11. The Morgan fingerprint density at radius 1 is 1.16 bits per heavy atom. The topological polar surface area (TPSA) is 59.1 Å². The van der Waals surface area contributed by atoms with Gasteiger partial charge in [-0.3, -0.25) is 4.72 Å². The van der Waals surface area contributed by atoms with Crippen molar-refractivity contribution < 1.29 is 8.42 Å². The highest BCUT2D eigenvalue weighted by atomic mass is 35.5. The van der Waals surface area contributed by atoms with Crippen molar-refractivity contribution in [3.8, 4) is 0 Å². The molecule has 0 fully saturated rings. The quantitative estimate of drug-likeness (QED) is 0.885. The minimum atomic E-state index is -3.65. The average molecular weight is 297 g/mol. The van der Waals surface area contributed by atoms with Gasteiger partial charge in [0.2, 0.25) is 0 Å². The van der Waals surface area contributed by atoms with E-state index in [1.165, 1.54) is 18.3 Å². The second-order valence-corrected chi connectivity index (χ2v) is 6.31. The van der Waals surface area contributed by atoms with Crippen molar-refractivity contribution in [1.29, 1.82) is 0 Å². The molecule has 0 atom stereocenters. The second kappa shape index (κ2) is 5.19. The molecular weight excluding hydrogens is 284 g/mol. The maximum absolute atomic E-state index is 12.2. The van der Waals surface area contributed by atoms with E-state index >= 15 is 0 Å². The fourth-order valence-electron chi connectivity index (χ4n) is 1.68. The predicted octanol–water partition coefficient (Wildman–Crippen LogP) is 3.15. The summed E-state index contributed by atoms with van der Waals surface area (Å²) in [7, 11) is -3.65. The first-order valence-corrected chi connectivity index (χ1v) is 7.46. The van der Waals surface area contributed by atoms with Crippen LogP contribution in [-0.2, 0) is 10.0 Å². The first-order chi connectivity index (χ1) is 8.88. The van der Waals surface area contributed by atoms with Crippen LogP contribution in [0.2, 0.25) is 5.15 Å². The van der Waals surface area contributed by atoms with E-state index in [2.05, 4.69) is 9.71 Å². The first kappa shape index (κ1) is 13.8. The zero-order valence-corrected chi connectivity index (χ0v) is 12.1. The van der Waals surface area contributed by atoms with Crippen LogP contribution in [0.4, 0.5) is 5.69 Å². The third kappa shape index (κ3) is 3.24. The molecule has 6 heteroatoms. The Kier molecular flexibility index (Phi) is 3.78. The molecule has 2 aromatic rings. The van der Waals surface area contributed by atoms with Gasteiger partial charge in [-0.25, -0.2) is 13.4 Å². The molecule has 0 aliphatic carbocycles. The Morgan fingerprint density at radius 3 is 2.53 bits per heavy atom. The van der Waals surface area contributed by atoms with Crippen molar-refractivity contribution in [3.63, 3.8) is 0 Å². The van der Waals surface area contributed by atoms with Crippen LogP contribution in [-0.4, -0.2) is 13.4 Å². The van der Waals surface area contributed by atoms with Gasteiger partial charge >= 0.3 is 0 Å². The van der Waals surface area contributed by atoms with Gasteiger partial charge in [-0.15, -0.1) is 0 Å². The summed E-state index contributed by atoms with van der Waals surface area (Å²) in [6.07, 6.45) is 1.36. The molecule has 1 aromatic heterocycles. The van der Waals surface area contributed by atoms with Gasteiger partial charge in [-0.1, -0.05) is 29.3 Å². The third-order valence-corrected chi connectivity index (χ3v) is 4.20. The van der Waals surface area contributed by atoms with Crippen molar-refractivity contribution in [1.82, 2.24) is 4.98 Å². The number of hydrogen-bond donors (Lipinski definition) is 1. The van der Waals surface area contributed by atoms with E-state index in [0.29, 0.717) is 5.69 Å². The summed E-state index contributed by atoms with van der Waals surface area (Å²) in [4.78, 5) is 3.85. The number of halogens is 1. The molecule has 0 amide bonds. The molecule has 0 saturated carbocycles. The lowest BCUT2D eigenvalue weighted by molar-refractivity contribution is 0.601.